The van der Waals surface area contributed by atoms with E-state index in [2.05, 4.69) is 0 Å². The van der Waals surface area contributed by atoms with Gasteiger partial charge in [0.1, 0.15) is 65.2 Å². The second-order valence-corrected chi connectivity index (χ2v) is 10.4. The predicted octanol–water partition coefficient (Wildman–Crippen LogP) is -1.38. The number of ether oxygens (including phenoxy) is 5. The van der Waals surface area contributed by atoms with Gasteiger partial charge in [-0.25, -0.2) is 0 Å². The lowest BCUT2D eigenvalue weighted by Crippen LogP contribution is -2.64. The van der Waals surface area contributed by atoms with Crippen LogP contribution in [-0.4, -0.2) is 121 Å². The van der Waals surface area contributed by atoms with Crippen molar-refractivity contribution in [2.45, 2.75) is 68.3 Å². The maximum Gasteiger partial charge on any atom is 0.239 e. The zero-order chi connectivity index (χ0) is 32.0. The van der Waals surface area contributed by atoms with E-state index in [1.807, 2.05) is 0 Å². The van der Waals surface area contributed by atoms with Crippen LogP contribution in [0.15, 0.2) is 39.5 Å². The minimum atomic E-state index is -1.95. The van der Waals surface area contributed by atoms with Gasteiger partial charge in [-0.1, -0.05) is 0 Å². The molecule has 0 saturated carbocycles. The van der Waals surface area contributed by atoms with E-state index < -0.39 is 96.1 Å². The number of fused-ring (bicyclic) bond motifs is 1. The van der Waals surface area contributed by atoms with Crippen LogP contribution in [0.2, 0.25) is 0 Å². The number of aliphatic hydroxyl groups excluding tert-OH is 6. The molecule has 3 heterocycles. The summed E-state index contributed by atoms with van der Waals surface area (Å²) in [7, 11) is 1.28. The molecule has 0 spiro atoms. The SMILES string of the molecule is COc1cc(-c2oc3cc(O)cc(O)c3c(=O)c2OC2OC(CO)C(O)C(OC3OC(C)C(O)C(O)C3O)C2O)ccc1O. The first-order chi connectivity index (χ1) is 20.9. The summed E-state index contributed by atoms with van der Waals surface area (Å²) in [5.41, 5.74) is -1.13. The molecule has 2 saturated heterocycles. The summed E-state index contributed by atoms with van der Waals surface area (Å²) in [6.07, 6.45) is -16.4. The van der Waals surface area contributed by atoms with Crippen molar-refractivity contribution >= 4 is 11.0 Å². The summed E-state index contributed by atoms with van der Waals surface area (Å²) < 4.78 is 33.4. The summed E-state index contributed by atoms with van der Waals surface area (Å²) in [4.78, 5) is 13.7. The molecule has 0 aliphatic carbocycles. The van der Waals surface area contributed by atoms with E-state index in [4.69, 9.17) is 28.1 Å². The van der Waals surface area contributed by atoms with Crippen LogP contribution in [0.4, 0.5) is 0 Å². The largest absolute Gasteiger partial charge is 0.508 e. The van der Waals surface area contributed by atoms with Crippen molar-refractivity contribution in [3.05, 3.63) is 40.6 Å². The molecule has 3 aromatic rings. The van der Waals surface area contributed by atoms with Crippen LogP contribution in [0.1, 0.15) is 6.92 Å². The normalized spacial score (nSPS) is 32.5. The van der Waals surface area contributed by atoms with Crippen molar-refractivity contribution in [3.8, 4) is 40.1 Å². The van der Waals surface area contributed by atoms with Crippen molar-refractivity contribution in [2.24, 2.45) is 0 Å². The number of phenols is 3. The van der Waals surface area contributed by atoms with Crippen LogP contribution in [0, 0.1) is 0 Å². The maximum absolute atomic E-state index is 13.7. The Morgan fingerprint density at radius 1 is 0.841 bits per heavy atom. The second-order valence-electron chi connectivity index (χ2n) is 10.4. The fourth-order valence-corrected chi connectivity index (χ4v) is 5.09. The zero-order valence-electron chi connectivity index (χ0n) is 23.3. The second kappa shape index (κ2) is 12.4. The molecule has 0 radical (unpaired) electrons. The Morgan fingerprint density at radius 3 is 2.25 bits per heavy atom. The Kier molecular flexibility index (Phi) is 8.90. The molecule has 9 N–H and O–H groups in total. The van der Waals surface area contributed by atoms with Crippen LogP contribution in [0.25, 0.3) is 22.3 Å². The number of hydrogen-bond donors (Lipinski definition) is 9. The highest BCUT2D eigenvalue weighted by molar-refractivity contribution is 5.88. The topological polar surface area (TPSA) is 258 Å². The Hall–Kier alpha value is -3.71. The standard InChI is InChI=1S/C28H32O16/c1-9-18(33)21(36)22(37)27(40-9)43-25-19(34)16(8-29)42-28(23(25)38)44-26-20(35)17-13(32)6-11(30)7-15(17)41-24(26)10-3-4-12(31)14(5-10)39-2/h3-7,9,16,18-19,21-23,25,27-34,36-38H,8H2,1-2H3. The smallest absolute Gasteiger partial charge is 0.239 e. The third-order valence-corrected chi connectivity index (χ3v) is 7.52. The Labute approximate surface area is 248 Å². The van der Waals surface area contributed by atoms with E-state index in [1.165, 1.54) is 32.2 Å². The van der Waals surface area contributed by atoms with Crippen LogP contribution < -0.4 is 14.9 Å². The average Bonchev–Trinajstić information content (AvgIpc) is 2.98. The summed E-state index contributed by atoms with van der Waals surface area (Å²) in [5, 5.41) is 92.6. The van der Waals surface area contributed by atoms with Crippen molar-refractivity contribution in [2.75, 3.05) is 13.7 Å². The number of hydrogen-bond acceptors (Lipinski definition) is 16. The zero-order valence-corrected chi connectivity index (χ0v) is 23.3. The maximum atomic E-state index is 13.7. The Balaban J connectivity index is 1.57. The van der Waals surface area contributed by atoms with E-state index in [9.17, 15) is 50.8 Å². The quantitative estimate of drug-likeness (QED) is 0.147. The molecule has 2 aromatic carbocycles. The lowest BCUT2D eigenvalue weighted by atomic mass is 9.97. The minimum Gasteiger partial charge on any atom is -0.508 e. The molecule has 10 unspecified atom stereocenters. The highest BCUT2D eigenvalue weighted by Crippen LogP contribution is 2.40. The first-order valence-corrected chi connectivity index (χ1v) is 13.4. The third kappa shape index (κ3) is 5.63. The first-order valence-electron chi connectivity index (χ1n) is 13.4. The summed E-state index contributed by atoms with van der Waals surface area (Å²) in [6, 6.07) is 5.82. The summed E-state index contributed by atoms with van der Waals surface area (Å²) >= 11 is 0. The first kappa shape index (κ1) is 31.7. The number of aromatic hydroxyl groups is 3. The monoisotopic (exact) mass is 624 g/mol. The summed E-state index contributed by atoms with van der Waals surface area (Å²) in [5.74, 6) is -2.31. The molecule has 2 aliphatic heterocycles. The Morgan fingerprint density at radius 2 is 1.57 bits per heavy atom. The molecule has 2 fully saturated rings. The molecule has 0 amide bonds. The highest BCUT2D eigenvalue weighted by atomic mass is 16.7. The van der Waals surface area contributed by atoms with Gasteiger partial charge in [-0.3, -0.25) is 4.79 Å². The fraction of sp³-hybridized carbons (Fsp3) is 0.464. The number of benzene rings is 2. The lowest BCUT2D eigenvalue weighted by Gasteiger charge is -2.45. The van der Waals surface area contributed by atoms with Crippen molar-refractivity contribution in [1.29, 1.82) is 0 Å². The van der Waals surface area contributed by atoms with Gasteiger partial charge in [0.05, 0.1) is 19.8 Å². The van der Waals surface area contributed by atoms with Gasteiger partial charge in [-0.15, -0.1) is 0 Å². The average molecular weight is 625 g/mol. The van der Waals surface area contributed by atoms with Gasteiger partial charge < -0.3 is 74.1 Å². The number of rotatable bonds is 7. The molecule has 16 heteroatoms. The molecular formula is C28H32O16. The van der Waals surface area contributed by atoms with Gasteiger partial charge in [0.2, 0.25) is 17.5 Å². The number of methoxy groups -OCH3 is 1. The molecular weight excluding hydrogens is 592 g/mol. The fourth-order valence-electron chi connectivity index (χ4n) is 5.09. The molecule has 1 aromatic heterocycles. The Bertz CT molecular complexity index is 1560. The number of phenolic OH excluding ortho intramolecular Hbond substituents is 3. The van der Waals surface area contributed by atoms with Gasteiger partial charge >= 0.3 is 0 Å². The van der Waals surface area contributed by atoms with E-state index in [1.54, 1.807) is 0 Å². The van der Waals surface area contributed by atoms with Gasteiger partial charge in [-0.2, -0.15) is 0 Å². The van der Waals surface area contributed by atoms with E-state index in [0.29, 0.717) is 0 Å². The van der Waals surface area contributed by atoms with Crippen molar-refractivity contribution in [1.82, 2.24) is 0 Å². The third-order valence-electron chi connectivity index (χ3n) is 7.52. The highest BCUT2D eigenvalue weighted by Gasteiger charge is 2.51. The van der Waals surface area contributed by atoms with Crippen molar-refractivity contribution in [3.63, 3.8) is 0 Å². The molecule has 16 nitrogen and oxygen atoms in total. The van der Waals surface area contributed by atoms with Gasteiger partial charge in [0.25, 0.3) is 0 Å². The van der Waals surface area contributed by atoms with Crippen LogP contribution in [0.5, 0.6) is 28.7 Å². The van der Waals surface area contributed by atoms with E-state index in [0.717, 1.165) is 12.1 Å². The summed E-state index contributed by atoms with van der Waals surface area (Å²) in [6.45, 7) is 0.567. The molecule has 2 aliphatic rings. The van der Waals surface area contributed by atoms with Gasteiger partial charge in [-0.05, 0) is 25.1 Å². The van der Waals surface area contributed by atoms with Crippen LogP contribution >= 0.6 is 0 Å². The predicted molar refractivity (Wildman–Crippen MR) is 145 cm³/mol. The van der Waals surface area contributed by atoms with E-state index in [-0.39, 0.29) is 28.4 Å². The van der Waals surface area contributed by atoms with Crippen LogP contribution in [0.3, 0.4) is 0 Å². The van der Waals surface area contributed by atoms with E-state index >= 15 is 0 Å². The molecule has 240 valence electrons. The van der Waals surface area contributed by atoms with Crippen LogP contribution in [-0.2, 0) is 14.2 Å². The molecule has 10 atom stereocenters. The number of aliphatic hydroxyl groups is 6. The molecule has 5 rings (SSSR count). The molecule has 44 heavy (non-hydrogen) atoms. The lowest BCUT2D eigenvalue weighted by molar-refractivity contribution is -0.349. The minimum absolute atomic E-state index is 0.0200. The van der Waals surface area contributed by atoms with Crippen molar-refractivity contribution < 1.29 is 74.1 Å². The van der Waals surface area contributed by atoms with Gasteiger partial charge in [0.15, 0.2) is 23.5 Å². The van der Waals surface area contributed by atoms with Gasteiger partial charge in [0, 0.05) is 17.7 Å². The molecule has 0 bridgehead atoms.